The third-order valence-electron chi connectivity index (χ3n) is 3.50. The summed E-state index contributed by atoms with van der Waals surface area (Å²) < 4.78 is 19.0. The summed E-state index contributed by atoms with van der Waals surface area (Å²) in [6.45, 7) is -0.000598. The van der Waals surface area contributed by atoms with Crippen molar-refractivity contribution in [1.82, 2.24) is 5.32 Å². The van der Waals surface area contributed by atoms with Gasteiger partial charge in [0.05, 0.1) is 17.1 Å². The van der Waals surface area contributed by atoms with Crippen LogP contribution in [-0.4, -0.2) is 24.1 Å². The topological polar surface area (TPSA) is 88.2 Å². The molecule has 0 heterocycles. The quantitative estimate of drug-likeness (QED) is 0.635. The summed E-state index contributed by atoms with van der Waals surface area (Å²) in [5, 5.41) is 22.7. The van der Waals surface area contributed by atoms with Gasteiger partial charge in [-0.15, -0.1) is 0 Å². The van der Waals surface area contributed by atoms with Crippen molar-refractivity contribution in [2.45, 2.75) is 18.4 Å². The van der Waals surface area contributed by atoms with Crippen molar-refractivity contribution in [3.63, 3.8) is 0 Å². The van der Waals surface area contributed by atoms with Gasteiger partial charge >= 0.3 is 0 Å². The summed E-state index contributed by atoms with van der Waals surface area (Å²) in [6, 6.07) is 5.36. The van der Waals surface area contributed by atoms with E-state index in [4.69, 9.17) is 4.74 Å². The molecule has 1 aromatic carbocycles. The highest BCUT2D eigenvalue weighted by atomic mass is 19.1. The predicted octanol–water partition coefficient (Wildman–Crippen LogP) is 2.00. The van der Waals surface area contributed by atoms with Crippen molar-refractivity contribution in [1.29, 1.82) is 5.26 Å². The average Bonchev–Trinajstić information content (AvgIpc) is 3.26. The Kier molecular flexibility index (Phi) is 3.86. The zero-order valence-corrected chi connectivity index (χ0v) is 10.9. The summed E-state index contributed by atoms with van der Waals surface area (Å²) >= 11 is 0. The largest absolute Gasteiger partial charge is 0.487 e. The summed E-state index contributed by atoms with van der Waals surface area (Å²) in [5.74, 6) is -0.706. The highest BCUT2D eigenvalue weighted by Crippen LogP contribution is 2.39. The van der Waals surface area contributed by atoms with Gasteiger partial charge in [-0.2, -0.15) is 5.26 Å². The fourth-order valence-electron chi connectivity index (χ4n) is 2.06. The van der Waals surface area contributed by atoms with Crippen molar-refractivity contribution in [3.05, 3.63) is 34.1 Å². The molecule has 1 aromatic rings. The predicted molar refractivity (Wildman–Crippen MR) is 68.7 cm³/mol. The van der Waals surface area contributed by atoms with Crippen molar-refractivity contribution in [2.24, 2.45) is 5.92 Å². The first kappa shape index (κ1) is 14.2. The highest BCUT2D eigenvalue weighted by Gasteiger charge is 2.45. The van der Waals surface area contributed by atoms with Gasteiger partial charge in [0.15, 0.2) is 11.6 Å². The number of halogens is 1. The Bertz CT molecular complexity index is 568. The molecule has 1 unspecified atom stereocenters. The number of nitro benzene ring substituents is 1. The molecule has 0 saturated heterocycles. The van der Waals surface area contributed by atoms with Gasteiger partial charge in [0, 0.05) is 6.07 Å². The van der Waals surface area contributed by atoms with Crippen molar-refractivity contribution in [3.8, 4) is 11.8 Å². The number of non-ortho nitro benzene ring substituents is 1. The van der Waals surface area contributed by atoms with E-state index in [-0.39, 0.29) is 24.0 Å². The van der Waals surface area contributed by atoms with E-state index in [1.807, 2.05) is 0 Å². The van der Waals surface area contributed by atoms with Gasteiger partial charge < -0.3 is 4.74 Å². The molecular weight excluding hydrogens is 265 g/mol. The maximum atomic E-state index is 13.7. The third kappa shape index (κ3) is 2.70. The Hall–Kier alpha value is -2.20. The van der Waals surface area contributed by atoms with Gasteiger partial charge in [0.1, 0.15) is 12.1 Å². The fourth-order valence-corrected chi connectivity index (χ4v) is 2.06. The van der Waals surface area contributed by atoms with Gasteiger partial charge in [-0.25, -0.2) is 4.39 Å². The van der Waals surface area contributed by atoms with Crippen molar-refractivity contribution in [2.75, 3.05) is 13.7 Å². The summed E-state index contributed by atoms with van der Waals surface area (Å²) in [4.78, 5) is 9.84. The van der Waals surface area contributed by atoms with Crippen LogP contribution in [0.4, 0.5) is 10.1 Å². The summed E-state index contributed by atoms with van der Waals surface area (Å²) in [6.07, 6.45) is 1.86. The molecular formula is C13H14FN3O3. The zero-order valence-electron chi connectivity index (χ0n) is 10.9. The Morgan fingerprint density at radius 2 is 2.35 bits per heavy atom. The first-order valence-electron chi connectivity index (χ1n) is 6.19. The minimum Gasteiger partial charge on any atom is -0.487 e. The summed E-state index contributed by atoms with van der Waals surface area (Å²) in [5.41, 5.74) is -1.17. The SMILES string of the molecule is CNC(C#N)(COc1ccc([N+](=O)[O-])cc1F)C1CC1. The molecule has 0 amide bonds. The van der Waals surface area contributed by atoms with E-state index >= 15 is 0 Å². The maximum Gasteiger partial charge on any atom is 0.272 e. The number of benzene rings is 1. The molecule has 0 radical (unpaired) electrons. The van der Waals surface area contributed by atoms with Gasteiger partial charge in [0.25, 0.3) is 5.69 Å². The molecule has 0 aliphatic heterocycles. The van der Waals surface area contributed by atoms with Crippen LogP contribution in [0.2, 0.25) is 0 Å². The number of hydrogen-bond acceptors (Lipinski definition) is 5. The van der Waals surface area contributed by atoms with Gasteiger partial charge in [-0.3, -0.25) is 15.4 Å². The monoisotopic (exact) mass is 279 g/mol. The van der Waals surface area contributed by atoms with E-state index in [2.05, 4.69) is 11.4 Å². The Morgan fingerprint density at radius 3 is 2.80 bits per heavy atom. The number of likely N-dealkylation sites (N-methyl/N-ethyl adjacent to an activating group) is 1. The Labute approximate surface area is 115 Å². The normalized spacial score (nSPS) is 17.1. The second-order valence-electron chi connectivity index (χ2n) is 4.77. The Morgan fingerprint density at radius 1 is 1.65 bits per heavy atom. The lowest BCUT2D eigenvalue weighted by Crippen LogP contribution is -2.49. The number of nitrogens with zero attached hydrogens (tertiary/aromatic N) is 2. The summed E-state index contributed by atoms with van der Waals surface area (Å²) in [7, 11) is 1.66. The zero-order chi connectivity index (χ0) is 14.8. The fraction of sp³-hybridized carbons (Fsp3) is 0.462. The molecule has 0 bridgehead atoms. The number of nitriles is 1. The van der Waals surface area contributed by atoms with E-state index < -0.39 is 16.3 Å². The van der Waals surface area contributed by atoms with Crippen LogP contribution < -0.4 is 10.1 Å². The lowest BCUT2D eigenvalue weighted by atomic mass is 9.96. The minimum absolute atomic E-state index is 0.000598. The van der Waals surface area contributed by atoms with E-state index in [1.54, 1.807) is 7.05 Å². The molecule has 1 atom stereocenters. The van der Waals surface area contributed by atoms with Crippen molar-refractivity contribution < 1.29 is 14.1 Å². The van der Waals surface area contributed by atoms with E-state index in [9.17, 15) is 19.8 Å². The smallest absolute Gasteiger partial charge is 0.272 e. The number of ether oxygens (including phenoxy) is 1. The molecule has 0 spiro atoms. The van der Waals surface area contributed by atoms with Gasteiger partial charge in [-0.05, 0) is 31.9 Å². The lowest BCUT2D eigenvalue weighted by Gasteiger charge is -2.25. The molecule has 1 saturated carbocycles. The van der Waals surface area contributed by atoms with Crippen LogP contribution in [0.1, 0.15) is 12.8 Å². The Balaban J connectivity index is 2.11. The molecule has 6 nitrogen and oxygen atoms in total. The van der Waals surface area contributed by atoms with Crippen molar-refractivity contribution >= 4 is 5.69 Å². The van der Waals surface area contributed by atoms with Gasteiger partial charge in [0.2, 0.25) is 0 Å². The second kappa shape index (κ2) is 5.43. The minimum atomic E-state index is -0.839. The second-order valence-corrected chi connectivity index (χ2v) is 4.77. The number of nitro groups is 1. The van der Waals surface area contributed by atoms with E-state index in [1.165, 1.54) is 12.1 Å². The standard InChI is InChI=1S/C13H14FN3O3/c1-16-13(7-15,9-2-3-9)8-20-12-5-4-10(17(18)19)6-11(12)14/h4-6,9,16H,2-3,8H2,1H3. The number of nitrogens with one attached hydrogen (secondary N) is 1. The molecule has 7 heteroatoms. The maximum absolute atomic E-state index is 13.7. The third-order valence-corrected chi connectivity index (χ3v) is 3.50. The van der Waals surface area contributed by atoms with Crippen LogP contribution in [0.15, 0.2) is 18.2 Å². The van der Waals surface area contributed by atoms with Crippen LogP contribution in [0, 0.1) is 33.2 Å². The van der Waals surface area contributed by atoms with Crippen LogP contribution in [-0.2, 0) is 0 Å². The first-order valence-corrected chi connectivity index (χ1v) is 6.19. The van der Waals surface area contributed by atoms with E-state index in [0.717, 1.165) is 18.9 Å². The highest BCUT2D eigenvalue weighted by molar-refractivity contribution is 5.37. The molecule has 2 rings (SSSR count). The molecule has 0 aromatic heterocycles. The molecule has 1 fully saturated rings. The van der Waals surface area contributed by atoms with Crippen LogP contribution in [0.5, 0.6) is 5.75 Å². The van der Waals surface area contributed by atoms with Crippen LogP contribution >= 0.6 is 0 Å². The number of hydrogen-bond donors (Lipinski definition) is 1. The first-order chi connectivity index (χ1) is 9.52. The average molecular weight is 279 g/mol. The van der Waals surface area contributed by atoms with Crippen LogP contribution in [0.25, 0.3) is 0 Å². The molecule has 1 aliphatic carbocycles. The molecule has 1 aliphatic rings. The van der Waals surface area contributed by atoms with Crippen LogP contribution in [0.3, 0.4) is 0 Å². The van der Waals surface area contributed by atoms with Gasteiger partial charge in [-0.1, -0.05) is 0 Å². The molecule has 1 N–H and O–H groups in total. The molecule has 106 valence electrons. The lowest BCUT2D eigenvalue weighted by molar-refractivity contribution is -0.385. The van der Waals surface area contributed by atoms with E-state index in [0.29, 0.717) is 0 Å². The molecule has 20 heavy (non-hydrogen) atoms. The number of rotatable bonds is 6.